The number of likely N-dealkylation sites (tertiary alicyclic amines) is 1. The molecule has 1 saturated carbocycles. The van der Waals surface area contributed by atoms with Gasteiger partial charge in [0.15, 0.2) is 0 Å². The number of carbonyl (C=O) groups is 1. The molecule has 2 fully saturated rings. The fourth-order valence-electron chi connectivity index (χ4n) is 4.41. The van der Waals surface area contributed by atoms with Gasteiger partial charge < -0.3 is 9.47 Å². The SMILES string of the molecule is CC(C)c1ccc(Cn2c(C3CC(=O)N(C4CC4)C3)nc3ccccc32)cc1. The van der Waals surface area contributed by atoms with Crippen LogP contribution in [-0.4, -0.2) is 32.9 Å². The third kappa shape index (κ3) is 3.11. The number of nitrogens with zero attached hydrogens (tertiary/aromatic N) is 3. The largest absolute Gasteiger partial charge is 0.339 e. The Hall–Kier alpha value is -2.62. The predicted molar refractivity (Wildman–Crippen MR) is 111 cm³/mol. The third-order valence-electron chi connectivity index (χ3n) is 6.18. The molecule has 1 aromatic heterocycles. The quantitative estimate of drug-likeness (QED) is 0.651. The molecule has 1 atom stereocenters. The molecule has 1 aliphatic heterocycles. The number of amides is 1. The average molecular weight is 374 g/mol. The topological polar surface area (TPSA) is 38.1 Å². The molecule has 2 aliphatic rings. The van der Waals surface area contributed by atoms with Gasteiger partial charge in [-0.15, -0.1) is 0 Å². The van der Waals surface area contributed by atoms with Gasteiger partial charge in [-0.2, -0.15) is 0 Å². The van der Waals surface area contributed by atoms with Crippen molar-refractivity contribution in [2.45, 2.75) is 57.5 Å². The van der Waals surface area contributed by atoms with E-state index in [9.17, 15) is 4.79 Å². The lowest BCUT2D eigenvalue weighted by Crippen LogP contribution is -2.27. The maximum atomic E-state index is 12.5. The van der Waals surface area contributed by atoms with Crippen LogP contribution in [0.25, 0.3) is 11.0 Å². The van der Waals surface area contributed by atoms with Crippen molar-refractivity contribution >= 4 is 16.9 Å². The molecule has 1 unspecified atom stereocenters. The summed E-state index contributed by atoms with van der Waals surface area (Å²) < 4.78 is 2.33. The normalized spacial score (nSPS) is 19.9. The number of hydrogen-bond donors (Lipinski definition) is 0. The van der Waals surface area contributed by atoms with E-state index in [1.54, 1.807) is 0 Å². The van der Waals surface area contributed by atoms with Crippen LogP contribution in [0.15, 0.2) is 48.5 Å². The summed E-state index contributed by atoms with van der Waals surface area (Å²) in [5, 5.41) is 0. The van der Waals surface area contributed by atoms with E-state index < -0.39 is 0 Å². The van der Waals surface area contributed by atoms with Gasteiger partial charge in [-0.05, 0) is 42.0 Å². The highest BCUT2D eigenvalue weighted by molar-refractivity contribution is 5.81. The highest BCUT2D eigenvalue weighted by atomic mass is 16.2. The maximum absolute atomic E-state index is 12.5. The lowest BCUT2D eigenvalue weighted by atomic mass is 10.0. The molecular formula is C24H27N3O. The number of aromatic nitrogens is 2. The first-order valence-corrected chi connectivity index (χ1v) is 10.4. The van der Waals surface area contributed by atoms with Gasteiger partial charge in [0.2, 0.25) is 5.91 Å². The molecule has 1 aliphatic carbocycles. The van der Waals surface area contributed by atoms with Gasteiger partial charge in [-0.25, -0.2) is 4.98 Å². The number of rotatable bonds is 5. The standard InChI is InChI=1S/C24H27N3O/c1-16(2)18-9-7-17(8-10-18)14-27-22-6-4-3-5-21(22)25-24(27)19-13-23(28)26(15-19)20-11-12-20/h3-10,16,19-20H,11-15H2,1-2H3. The minimum absolute atomic E-state index is 0.190. The van der Waals surface area contributed by atoms with Crippen molar-refractivity contribution in [3.05, 3.63) is 65.5 Å². The van der Waals surface area contributed by atoms with Crippen LogP contribution < -0.4 is 0 Å². The molecule has 0 radical (unpaired) electrons. The van der Waals surface area contributed by atoms with Crippen molar-refractivity contribution in [3.63, 3.8) is 0 Å². The Morgan fingerprint density at radius 3 is 2.54 bits per heavy atom. The molecule has 1 saturated heterocycles. The first-order valence-electron chi connectivity index (χ1n) is 10.4. The van der Waals surface area contributed by atoms with Gasteiger partial charge in [0.25, 0.3) is 0 Å². The average Bonchev–Trinajstić information content (AvgIpc) is 3.38. The van der Waals surface area contributed by atoms with E-state index in [1.165, 1.54) is 11.1 Å². The Kier molecular flexibility index (Phi) is 4.22. The van der Waals surface area contributed by atoms with E-state index in [0.29, 0.717) is 24.3 Å². The molecule has 4 nitrogen and oxygen atoms in total. The van der Waals surface area contributed by atoms with Crippen molar-refractivity contribution in [1.29, 1.82) is 0 Å². The fourth-order valence-corrected chi connectivity index (χ4v) is 4.41. The zero-order chi connectivity index (χ0) is 19.3. The highest BCUT2D eigenvalue weighted by Gasteiger charge is 2.41. The zero-order valence-electron chi connectivity index (χ0n) is 16.6. The van der Waals surface area contributed by atoms with Gasteiger partial charge in [0, 0.05) is 31.5 Å². The molecule has 4 heteroatoms. The first-order chi connectivity index (χ1) is 13.6. The number of fused-ring (bicyclic) bond motifs is 1. The van der Waals surface area contributed by atoms with E-state index in [0.717, 1.165) is 42.8 Å². The van der Waals surface area contributed by atoms with Crippen LogP contribution in [0.1, 0.15) is 61.9 Å². The Morgan fingerprint density at radius 2 is 1.82 bits per heavy atom. The molecule has 0 N–H and O–H groups in total. The Labute approximate surface area is 166 Å². The van der Waals surface area contributed by atoms with E-state index in [1.807, 2.05) is 6.07 Å². The van der Waals surface area contributed by atoms with Gasteiger partial charge >= 0.3 is 0 Å². The van der Waals surface area contributed by atoms with E-state index in [2.05, 4.69) is 65.8 Å². The summed E-state index contributed by atoms with van der Waals surface area (Å²) in [4.78, 5) is 19.6. The fraction of sp³-hybridized carbons (Fsp3) is 0.417. The Bertz CT molecular complexity index is 1010. The third-order valence-corrected chi connectivity index (χ3v) is 6.18. The molecule has 144 valence electrons. The molecule has 5 rings (SSSR count). The van der Waals surface area contributed by atoms with Crippen molar-refractivity contribution in [3.8, 4) is 0 Å². The van der Waals surface area contributed by atoms with Crippen molar-refractivity contribution in [1.82, 2.24) is 14.5 Å². The van der Waals surface area contributed by atoms with Gasteiger partial charge in [0.1, 0.15) is 5.82 Å². The second-order valence-electron chi connectivity index (χ2n) is 8.62. The molecule has 0 bridgehead atoms. The number of benzene rings is 2. The van der Waals surface area contributed by atoms with Crippen LogP contribution in [0.4, 0.5) is 0 Å². The number of imidazole rings is 1. The summed E-state index contributed by atoms with van der Waals surface area (Å²) in [7, 11) is 0. The Balaban J connectivity index is 1.50. The van der Waals surface area contributed by atoms with Gasteiger partial charge in [0.05, 0.1) is 11.0 Å². The summed E-state index contributed by atoms with van der Waals surface area (Å²) in [5.74, 6) is 2.09. The van der Waals surface area contributed by atoms with Crippen LogP contribution in [0, 0.1) is 0 Å². The van der Waals surface area contributed by atoms with Crippen LogP contribution >= 0.6 is 0 Å². The van der Waals surface area contributed by atoms with E-state index >= 15 is 0 Å². The second kappa shape index (κ2) is 6.77. The second-order valence-corrected chi connectivity index (χ2v) is 8.62. The molecule has 2 aromatic carbocycles. The smallest absolute Gasteiger partial charge is 0.223 e. The molecular weight excluding hydrogens is 346 g/mol. The minimum atomic E-state index is 0.190. The maximum Gasteiger partial charge on any atom is 0.223 e. The van der Waals surface area contributed by atoms with E-state index in [4.69, 9.17) is 4.98 Å². The van der Waals surface area contributed by atoms with Gasteiger partial charge in [-0.1, -0.05) is 50.2 Å². The molecule has 1 amide bonds. The van der Waals surface area contributed by atoms with Crippen molar-refractivity contribution < 1.29 is 4.79 Å². The monoisotopic (exact) mass is 373 g/mol. The number of hydrogen-bond acceptors (Lipinski definition) is 2. The number of carbonyl (C=O) groups excluding carboxylic acids is 1. The van der Waals surface area contributed by atoms with Crippen LogP contribution in [0.2, 0.25) is 0 Å². The van der Waals surface area contributed by atoms with Crippen molar-refractivity contribution in [2.24, 2.45) is 0 Å². The molecule has 3 aromatic rings. The Morgan fingerprint density at radius 1 is 1.07 bits per heavy atom. The molecule has 28 heavy (non-hydrogen) atoms. The summed E-state index contributed by atoms with van der Waals surface area (Å²) in [6.45, 7) is 6.06. The summed E-state index contributed by atoms with van der Waals surface area (Å²) in [6.07, 6.45) is 2.92. The summed E-state index contributed by atoms with van der Waals surface area (Å²) in [5.41, 5.74) is 4.81. The van der Waals surface area contributed by atoms with Crippen LogP contribution in [-0.2, 0) is 11.3 Å². The highest BCUT2D eigenvalue weighted by Crippen LogP contribution is 2.37. The first kappa shape index (κ1) is 17.5. The predicted octanol–water partition coefficient (Wildman–Crippen LogP) is 4.69. The van der Waals surface area contributed by atoms with Crippen molar-refractivity contribution in [2.75, 3.05) is 6.54 Å². The van der Waals surface area contributed by atoms with E-state index in [-0.39, 0.29) is 5.92 Å². The summed E-state index contributed by atoms with van der Waals surface area (Å²) >= 11 is 0. The zero-order valence-corrected chi connectivity index (χ0v) is 16.6. The molecule has 2 heterocycles. The minimum Gasteiger partial charge on any atom is -0.339 e. The molecule has 0 spiro atoms. The lowest BCUT2D eigenvalue weighted by molar-refractivity contribution is -0.128. The number of para-hydroxylation sites is 2. The summed E-state index contributed by atoms with van der Waals surface area (Å²) in [6, 6.07) is 17.7. The van der Waals surface area contributed by atoms with Crippen LogP contribution in [0.5, 0.6) is 0 Å². The van der Waals surface area contributed by atoms with Crippen LogP contribution in [0.3, 0.4) is 0 Å². The van der Waals surface area contributed by atoms with Gasteiger partial charge in [-0.3, -0.25) is 4.79 Å². The lowest BCUT2D eigenvalue weighted by Gasteiger charge is -2.17.